The van der Waals surface area contributed by atoms with Gasteiger partial charge in [-0.15, -0.1) is 0 Å². The van der Waals surface area contributed by atoms with Gasteiger partial charge >= 0.3 is 0 Å². The van der Waals surface area contributed by atoms with E-state index in [9.17, 15) is 13.2 Å². The van der Waals surface area contributed by atoms with Crippen molar-refractivity contribution >= 4 is 15.9 Å². The molecule has 1 atom stereocenters. The fraction of sp³-hybridized carbons (Fsp3) is 0.533. The molecule has 1 aromatic rings. The Kier molecular flexibility index (Phi) is 4.56. The second-order valence-electron chi connectivity index (χ2n) is 5.56. The van der Waals surface area contributed by atoms with E-state index in [0.717, 1.165) is 5.56 Å². The highest BCUT2D eigenvalue weighted by Crippen LogP contribution is 2.27. The summed E-state index contributed by atoms with van der Waals surface area (Å²) in [4.78, 5) is 14.3. The summed E-state index contributed by atoms with van der Waals surface area (Å²) < 4.78 is 37.7. The van der Waals surface area contributed by atoms with Gasteiger partial charge in [0.25, 0.3) is 15.9 Å². The van der Waals surface area contributed by atoms with Gasteiger partial charge in [0.2, 0.25) is 0 Å². The van der Waals surface area contributed by atoms with Crippen LogP contribution >= 0.6 is 0 Å². The van der Waals surface area contributed by atoms with Gasteiger partial charge in [0.1, 0.15) is 11.8 Å². The lowest BCUT2D eigenvalue weighted by Gasteiger charge is -2.33. The maximum atomic E-state index is 12.4. The molecule has 0 bridgehead atoms. The molecule has 0 radical (unpaired) electrons. The quantitative estimate of drug-likeness (QED) is 0.840. The SMILES string of the molecule is CCN1CCOCC1C(=O)NS(=O)(=O)c1ccc2c(c1)CCO2. The van der Waals surface area contributed by atoms with Crippen LogP contribution in [0.4, 0.5) is 0 Å². The molecule has 0 saturated carbocycles. The van der Waals surface area contributed by atoms with Crippen LogP contribution in [0.2, 0.25) is 0 Å². The van der Waals surface area contributed by atoms with E-state index in [1.54, 1.807) is 12.1 Å². The number of morpholine rings is 1. The first-order valence-electron chi connectivity index (χ1n) is 7.65. The summed E-state index contributed by atoms with van der Waals surface area (Å²) in [6, 6.07) is 4.06. The molecule has 3 rings (SSSR count). The van der Waals surface area contributed by atoms with Crippen LogP contribution in [0.5, 0.6) is 5.75 Å². The van der Waals surface area contributed by atoms with Crippen LogP contribution in [0.25, 0.3) is 0 Å². The molecule has 0 aliphatic carbocycles. The largest absolute Gasteiger partial charge is 0.493 e. The van der Waals surface area contributed by atoms with Gasteiger partial charge in [-0.1, -0.05) is 6.92 Å². The van der Waals surface area contributed by atoms with Gasteiger partial charge in [-0.3, -0.25) is 9.69 Å². The van der Waals surface area contributed by atoms with Crippen LogP contribution in [0.15, 0.2) is 23.1 Å². The second kappa shape index (κ2) is 6.46. The number of sulfonamides is 1. The number of ether oxygens (including phenoxy) is 2. The van der Waals surface area contributed by atoms with Crippen LogP contribution in [0, 0.1) is 0 Å². The van der Waals surface area contributed by atoms with Crippen LogP contribution in [-0.4, -0.2) is 58.2 Å². The lowest BCUT2D eigenvalue weighted by Crippen LogP contribution is -2.54. The number of fused-ring (bicyclic) bond motifs is 1. The number of hydrogen-bond acceptors (Lipinski definition) is 6. The van der Waals surface area contributed by atoms with Crippen LogP contribution < -0.4 is 9.46 Å². The molecule has 1 N–H and O–H groups in total. The highest BCUT2D eigenvalue weighted by molar-refractivity contribution is 7.90. The average Bonchev–Trinajstić information content (AvgIpc) is 3.02. The van der Waals surface area contributed by atoms with Crippen LogP contribution in [-0.2, 0) is 26.0 Å². The van der Waals surface area contributed by atoms with Crippen LogP contribution in [0.3, 0.4) is 0 Å². The Morgan fingerprint density at radius 3 is 3.00 bits per heavy atom. The Balaban J connectivity index is 1.76. The molecule has 1 amide bonds. The molecule has 2 aliphatic heterocycles. The van der Waals surface area contributed by atoms with E-state index in [2.05, 4.69) is 4.72 Å². The first-order valence-corrected chi connectivity index (χ1v) is 9.14. The zero-order valence-corrected chi connectivity index (χ0v) is 13.8. The zero-order valence-electron chi connectivity index (χ0n) is 12.9. The van der Waals surface area contributed by atoms with Crippen molar-refractivity contribution in [2.75, 3.05) is 32.9 Å². The summed E-state index contributed by atoms with van der Waals surface area (Å²) in [5, 5.41) is 0. The summed E-state index contributed by atoms with van der Waals surface area (Å²) in [5.74, 6) is 0.149. The van der Waals surface area contributed by atoms with Crippen molar-refractivity contribution in [2.24, 2.45) is 0 Å². The standard InChI is InChI=1S/C15H20N2O5S/c1-2-17-6-8-21-10-13(17)15(18)16-23(19,20)12-3-4-14-11(9-12)5-7-22-14/h3-4,9,13H,2,5-8,10H2,1H3,(H,16,18). The smallest absolute Gasteiger partial charge is 0.264 e. The van der Waals surface area contributed by atoms with Gasteiger partial charge in [0.05, 0.1) is 24.7 Å². The molecule has 1 fully saturated rings. The highest BCUT2D eigenvalue weighted by atomic mass is 32.2. The van der Waals surface area contributed by atoms with E-state index in [0.29, 0.717) is 38.5 Å². The first kappa shape index (κ1) is 16.2. The number of likely N-dealkylation sites (N-methyl/N-ethyl adjacent to an activating group) is 1. The third-order valence-electron chi connectivity index (χ3n) is 4.15. The van der Waals surface area contributed by atoms with Crippen molar-refractivity contribution < 1.29 is 22.7 Å². The summed E-state index contributed by atoms with van der Waals surface area (Å²) in [6.45, 7) is 4.52. The molecule has 126 valence electrons. The lowest BCUT2D eigenvalue weighted by molar-refractivity contribution is -0.130. The van der Waals surface area contributed by atoms with Gasteiger partial charge in [-0.25, -0.2) is 13.1 Å². The third-order valence-corrected chi connectivity index (χ3v) is 5.50. The predicted octanol–water partition coefficient (Wildman–Crippen LogP) is 0.147. The van der Waals surface area contributed by atoms with E-state index >= 15 is 0 Å². The van der Waals surface area contributed by atoms with Crippen molar-refractivity contribution in [1.82, 2.24) is 9.62 Å². The Labute approximate surface area is 135 Å². The number of carbonyl (C=O) groups is 1. The number of rotatable bonds is 4. The number of hydrogen-bond donors (Lipinski definition) is 1. The fourth-order valence-electron chi connectivity index (χ4n) is 2.85. The lowest BCUT2D eigenvalue weighted by atomic mass is 10.2. The first-order chi connectivity index (χ1) is 11.0. The molecule has 8 heteroatoms. The molecule has 2 heterocycles. The summed E-state index contributed by atoms with van der Waals surface area (Å²) in [7, 11) is -3.90. The van der Waals surface area contributed by atoms with Crippen molar-refractivity contribution in [1.29, 1.82) is 0 Å². The number of carbonyl (C=O) groups excluding carboxylic acids is 1. The highest BCUT2D eigenvalue weighted by Gasteiger charge is 2.31. The summed E-state index contributed by atoms with van der Waals surface area (Å²) >= 11 is 0. The molecule has 23 heavy (non-hydrogen) atoms. The monoisotopic (exact) mass is 340 g/mol. The van der Waals surface area contributed by atoms with E-state index in [4.69, 9.17) is 9.47 Å². The molecule has 1 saturated heterocycles. The number of nitrogens with one attached hydrogen (secondary N) is 1. The van der Waals surface area contributed by atoms with Gasteiger partial charge in [-0.05, 0) is 30.3 Å². The van der Waals surface area contributed by atoms with Gasteiger partial charge < -0.3 is 9.47 Å². The van der Waals surface area contributed by atoms with Crippen molar-refractivity contribution in [3.8, 4) is 5.75 Å². The zero-order chi connectivity index (χ0) is 16.4. The Morgan fingerprint density at radius 1 is 1.39 bits per heavy atom. The van der Waals surface area contributed by atoms with Crippen molar-refractivity contribution in [2.45, 2.75) is 24.3 Å². The number of nitrogens with zero attached hydrogens (tertiary/aromatic N) is 1. The minimum absolute atomic E-state index is 0.0786. The number of amides is 1. The third kappa shape index (κ3) is 3.34. The minimum atomic E-state index is -3.90. The van der Waals surface area contributed by atoms with E-state index < -0.39 is 22.0 Å². The normalized spacial score (nSPS) is 21.5. The minimum Gasteiger partial charge on any atom is -0.493 e. The number of benzene rings is 1. The van der Waals surface area contributed by atoms with E-state index in [-0.39, 0.29) is 11.5 Å². The Morgan fingerprint density at radius 2 is 2.22 bits per heavy atom. The topological polar surface area (TPSA) is 84.9 Å². The maximum absolute atomic E-state index is 12.4. The molecule has 0 spiro atoms. The van der Waals surface area contributed by atoms with Gasteiger partial charge in [0.15, 0.2) is 0 Å². The molecular formula is C15H20N2O5S. The van der Waals surface area contributed by atoms with E-state index in [1.807, 2.05) is 11.8 Å². The average molecular weight is 340 g/mol. The fourth-order valence-corrected chi connectivity index (χ4v) is 3.91. The summed E-state index contributed by atoms with van der Waals surface area (Å²) in [6.07, 6.45) is 0.673. The predicted molar refractivity (Wildman–Crippen MR) is 82.8 cm³/mol. The summed E-state index contributed by atoms with van der Waals surface area (Å²) in [5.41, 5.74) is 0.844. The molecule has 2 aliphatic rings. The van der Waals surface area contributed by atoms with Gasteiger partial charge in [0, 0.05) is 13.0 Å². The van der Waals surface area contributed by atoms with Crippen LogP contribution in [0.1, 0.15) is 12.5 Å². The molecule has 1 unspecified atom stereocenters. The van der Waals surface area contributed by atoms with Gasteiger partial charge in [-0.2, -0.15) is 0 Å². The second-order valence-corrected chi connectivity index (χ2v) is 7.24. The van der Waals surface area contributed by atoms with E-state index in [1.165, 1.54) is 6.07 Å². The molecule has 1 aromatic carbocycles. The Bertz CT molecular complexity index is 704. The van der Waals surface area contributed by atoms with Crippen molar-refractivity contribution in [3.63, 3.8) is 0 Å². The molecule has 7 nitrogen and oxygen atoms in total. The maximum Gasteiger partial charge on any atom is 0.264 e. The molecular weight excluding hydrogens is 320 g/mol. The Hall–Kier alpha value is -1.64. The van der Waals surface area contributed by atoms with Crippen molar-refractivity contribution in [3.05, 3.63) is 23.8 Å². The molecule has 0 aromatic heterocycles.